The summed E-state index contributed by atoms with van der Waals surface area (Å²) >= 11 is 0. The Kier molecular flexibility index (Phi) is 7.31. The number of carbonyl (C=O) groups is 2. The molecule has 0 unspecified atom stereocenters. The molecule has 0 spiro atoms. The summed E-state index contributed by atoms with van der Waals surface area (Å²) in [5.41, 5.74) is 9.04. The number of benzene rings is 2. The van der Waals surface area contributed by atoms with Crippen LogP contribution in [-0.2, 0) is 14.2 Å². The first-order valence-electron chi connectivity index (χ1n) is 12.8. The second kappa shape index (κ2) is 10.9. The van der Waals surface area contributed by atoms with Crippen LogP contribution in [0.1, 0.15) is 56.0 Å². The number of hydrogen-bond donors (Lipinski definition) is 1. The monoisotopic (exact) mass is 543 g/mol. The van der Waals surface area contributed by atoms with Gasteiger partial charge in [0.25, 0.3) is 5.56 Å². The van der Waals surface area contributed by atoms with Gasteiger partial charge in [-0.3, -0.25) is 9.36 Å². The van der Waals surface area contributed by atoms with Crippen LogP contribution in [0, 0.1) is 27.7 Å². The fourth-order valence-electron chi connectivity index (χ4n) is 4.56. The van der Waals surface area contributed by atoms with E-state index in [0.29, 0.717) is 17.0 Å². The predicted molar refractivity (Wildman–Crippen MR) is 146 cm³/mol. The van der Waals surface area contributed by atoms with Crippen LogP contribution < -0.4 is 11.3 Å². The maximum absolute atomic E-state index is 13.3. The van der Waals surface area contributed by atoms with Crippen molar-refractivity contribution in [3.63, 3.8) is 0 Å². The number of ether oxygens (including phenoxy) is 3. The summed E-state index contributed by atoms with van der Waals surface area (Å²) in [7, 11) is 0. The van der Waals surface area contributed by atoms with E-state index in [4.69, 9.17) is 19.9 Å². The van der Waals surface area contributed by atoms with Gasteiger partial charge in [-0.15, -0.1) is 0 Å². The summed E-state index contributed by atoms with van der Waals surface area (Å²) in [6.45, 7) is 6.84. The van der Waals surface area contributed by atoms with Gasteiger partial charge in [-0.05, 0) is 52.0 Å². The third-order valence-corrected chi connectivity index (χ3v) is 6.72. The average molecular weight is 544 g/mol. The van der Waals surface area contributed by atoms with Gasteiger partial charge in [-0.25, -0.2) is 24.5 Å². The van der Waals surface area contributed by atoms with Gasteiger partial charge >= 0.3 is 11.9 Å². The number of carbonyl (C=O) groups excluding carboxylic acids is 2. The fraction of sp³-hybridized carbons (Fsp3) is 0.310. The van der Waals surface area contributed by atoms with E-state index < -0.39 is 35.9 Å². The smallest absolute Gasteiger partial charge is 0.338 e. The molecule has 2 N–H and O–H groups in total. The number of aryl methyl sites for hydroxylation is 4. The lowest BCUT2D eigenvalue weighted by atomic mass is 10.1. The van der Waals surface area contributed by atoms with Gasteiger partial charge < -0.3 is 19.9 Å². The number of rotatable bonds is 6. The van der Waals surface area contributed by atoms with Crippen LogP contribution in [0.4, 0.5) is 5.82 Å². The van der Waals surface area contributed by atoms with Crippen molar-refractivity contribution in [3.8, 4) is 0 Å². The molecule has 2 aromatic carbocycles. The first kappa shape index (κ1) is 26.9. The van der Waals surface area contributed by atoms with E-state index in [1.54, 1.807) is 38.1 Å². The molecule has 3 atom stereocenters. The number of hydrogen-bond acceptors (Lipinski definition) is 10. The lowest BCUT2D eigenvalue weighted by Gasteiger charge is -2.19. The van der Waals surface area contributed by atoms with Gasteiger partial charge in [-0.1, -0.05) is 35.4 Å². The number of fused-ring (bicyclic) bond motifs is 1. The van der Waals surface area contributed by atoms with Gasteiger partial charge in [0.2, 0.25) is 0 Å². The number of esters is 2. The Morgan fingerprint density at radius 3 is 2.15 bits per heavy atom. The van der Waals surface area contributed by atoms with Gasteiger partial charge in [0.1, 0.15) is 42.1 Å². The Morgan fingerprint density at radius 2 is 1.52 bits per heavy atom. The number of nitrogens with zero attached hydrogens (tertiary/aromatic N) is 4. The van der Waals surface area contributed by atoms with E-state index in [-0.39, 0.29) is 35.7 Å². The van der Waals surface area contributed by atoms with Gasteiger partial charge in [0, 0.05) is 6.42 Å². The maximum Gasteiger partial charge on any atom is 0.338 e. The van der Waals surface area contributed by atoms with E-state index in [1.165, 1.54) is 4.57 Å². The van der Waals surface area contributed by atoms with Gasteiger partial charge in [0.15, 0.2) is 11.5 Å². The Hall–Kier alpha value is -4.64. The number of nitrogen functional groups attached to an aromatic ring is 1. The van der Waals surface area contributed by atoms with Crippen molar-refractivity contribution >= 4 is 28.9 Å². The second-order valence-electron chi connectivity index (χ2n) is 9.84. The van der Waals surface area contributed by atoms with Crippen LogP contribution in [0.15, 0.2) is 53.3 Å². The molecule has 4 aromatic rings. The summed E-state index contributed by atoms with van der Waals surface area (Å²) in [6.07, 6.45) is -2.49. The first-order chi connectivity index (χ1) is 19.1. The molecule has 5 rings (SSSR count). The molecular formula is C29H29N5O6. The zero-order chi connectivity index (χ0) is 28.6. The standard InChI is InChI=1S/C29H29N5O6/c1-15-5-9-19(10-6-15)28(36)38-14-22-21(40-29(37)20-11-7-16(2)8-12-20)13-23(39-22)34-26-24(31-17(3)27(34)35)25(30)32-18(4)33-26/h5-12,21-23H,13-14H2,1-4H3,(H2,30,32,33)/t21-,22-,23-/m0/s1. The van der Waals surface area contributed by atoms with E-state index in [1.807, 2.05) is 38.1 Å². The third kappa shape index (κ3) is 5.41. The molecule has 11 nitrogen and oxygen atoms in total. The third-order valence-electron chi connectivity index (χ3n) is 6.72. The Labute approximate surface area is 229 Å². The van der Waals surface area contributed by atoms with Crippen molar-refractivity contribution in [2.24, 2.45) is 0 Å². The molecule has 0 saturated carbocycles. The minimum absolute atomic E-state index is 0.103. The quantitative estimate of drug-likeness (QED) is 0.359. The lowest BCUT2D eigenvalue weighted by molar-refractivity contribution is -0.0570. The summed E-state index contributed by atoms with van der Waals surface area (Å²) in [4.78, 5) is 51.9. The average Bonchev–Trinajstić information content (AvgIpc) is 3.31. The SMILES string of the molecule is Cc1ccc(C(=O)OC[C@@H]2O[C@H](n3c(=O)c(C)nc4c(N)nc(C)nc43)C[C@@H]2OC(=O)c2ccc(C)cc2)cc1. The van der Waals surface area contributed by atoms with Crippen molar-refractivity contribution in [2.75, 3.05) is 12.3 Å². The summed E-state index contributed by atoms with van der Waals surface area (Å²) < 4.78 is 19.0. The van der Waals surface area contributed by atoms with E-state index in [2.05, 4.69) is 15.0 Å². The molecule has 11 heteroatoms. The fourth-order valence-corrected chi connectivity index (χ4v) is 4.56. The highest BCUT2D eigenvalue weighted by Crippen LogP contribution is 2.33. The number of nitrogens with two attached hydrogens (primary N) is 1. The highest BCUT2D eigenvalue weighted by Gasteiger charge is 2.41. The van der Waals surface area contributed by atoms with Gasteiger partial charge in [0.05, 0.1) is 11.1 Å². The largest absolute Gasteiger partial charge is 0.459 e. The zero-order valence-corrected chi connectivity index (χ0v) is 22.6. The zero-order valence-electron chi connectivity index (χ0n) is 22.6. The van der Waals surface area contributed by atoms with Crippen LogP contribution in [0.5, 0.6) is 0 Å². The molecule has 1 saturated heterocycles. The molecule has 0 radical (unpaired) electrons. The molecule has 40 heavy (non-hydrogen) atoms. The molecule has 0 aliphatic carbocycles. The van der Waals surface area contributed by atoms with E-state index in [9.17, 15) is 14.4 Å². The first-order valence-corrected chi connectivity index (χ1v) is 12.8. The molecule has 0 bridgehead atoms. The minimum Gasteiger partial charge on any atom is -0.459 e. The van der Waals surface area contributed by atoms with E-state index in [0.717, 1.165) is 11.1 Å². The highest BCUT2D eigenvalue weighted by molar-refractivity contribution is 5.90. The van der Waals surface area contributed by atoms with Crippen molar-refractivity contribution < 1.29 is 23.8 Å². The van der Waals surface area contributed by atoms with Gasteiger partial charge in [-0.2, -0.15) is 0 Å². The maximum atomic E-state index is 13.3. The van der Waals surface area contributed by atoms with Crippen molar-refractivity contribution in [1.82, 2.24) is 19.5 Å². The lowest BCUT2D eigenvalue weighted by Crippen LogP contribution is -2.32. The molecule has 0 amide bonds. The molecule has 1 aliphatic rings. The summed E-state index contributed by atoms with van der Waals surface area (Å²) in [6, 6.07) is 13.9. The summed E-state index contributed by atoms with van der Waals surface area (Å²) in [5.74, 6) is -0.625. The Morgan fingerprint density at radius 1 is 0.925 bits per heavy atom. The van der Waals surface area contributed by atoms with E-state index >= 15 is 0 Å². The molecular weight excluding hydrogens is 514 g/mol. The summed E-state index contributed by atoms with van der Waals surface area (Å²) in [5, 5.41) is 0. The van der Waals surface area contributed by atoms with Crippen LogP contribution >= 0.6 is 0 Å². The minimum atomic E-state index is -0.899. The van der Waals surface area contributed by atoms with Crippen LogP contribution in [0.3, 0.4) is 0 Å². The molecule has 3 heterocycles. The Bertz CT molecular complexity index is 1650. The van der Waals surface area contributed by atoms with Crippen LogP contribution in [0.25, 0.3) is 11.2 Å². The molecule has 206 valence electrons. The van der Waals surface area contributed by atoms with Crippen molar-refractivity contribution in [2.45, 2.75) is 52.6 Å². The predicted octanol–water partition coefficient (Wildman–Crippen LogP) is 3.37. The normalized spacial score (nSPS) is 18.6. The van der Waals surface area contributed by atoms with Crippen molar-refractivity contribution in [1.29, 1.82) is 0 Å². The topological polar surface area (TPSA) is 149 Å². The highest BCUT2D eigenvalue weighted by atomic mass is 16.6. The van der Waals surface area contributed by atoms with Crippen LogP contribution in [-0.4, -0.2) is 50.3 Å². The molecule has 1 fully saturated rings. The second-order valence-corrected chi connectivity index (χ2v) is 9.84. The molecule has 1 aliphatic heterocycles. The van der Waals surface area contributed by atoms with Crippen molar-refractivity contribution in [3.05, 3.63) is 92.7 Å². The number of aromatic nitrogens is 4. The van der Waals surface area contributed by atoms with Crippen LogP contribution in [0.2, 0.25) is 0 Å². The molecule has 2 aromatic heterocycles. The number of anilines is 1. The Balaban J connectivity index is 1.46.